The molecule has 3 N–H and O–H groups in total. The van der Waals surface area contributed by atoms with Gasteiger partial charge in [0.1, 0.15) is 5.69 Å². The number of alkyl halides is 3. The number of imidazole rings is 1. The highest BCUT2D eigenvalue weighted by atomic mass is 35.5. The molecule has 0 radical (unpaired) electrons. The average molecular weight is 555 g/mol. The van der Waals surface area contributed by atoms with Crippen LogP contribution in [0.15, 0.2) is 66.7 Å². The molecular formula is C28H22ClF3N4O3. The van der Waals surface area contributed by atoms with Gasteiger partial charge in [-0.05, 0) is 60.7 Å². The molecule has 2 heterocycles. The molecule has 39 heavy (non-hydrogen) atoms. The second-order valence-electron chi connectivity index (χ2n) is 9.07. The lowest BCUT2D eigenvalue weighted by Crippen LogP contribution is -2.04. The number of rotatable bonds is 8. The Morgan fingerprint density at radius 1 is 0.949 bits per heavy atom. The molecule has 0 spiro atoms. The predicted octanol–water partition coefficient (Wildman–Crippen LogP) is 6.60. The lowest BCUT2D eigenvalue weighted by molar-refractivity contribution is -0.138. The smallest absolute Gasteiger partial charge is 0.416 e. The molecule has 2 aromatic heterocycles. The highest BCUT2D eigenvalue weighted by Gasteiger charge is 2.30. The first kappa shape index (κ1) is 26.3. The van der Waals surface area contributed by atoms with Crippen molar-refractivity contribution >= 4 is 28.6 Å². The molecule has 0 aliphatic carbocycles. The minimum absolute atomic E-state index is 0.0386. The van der Waals surface area contributed by atoms with Crippen molar-refractivity contribution < 1.29 is 28.2 Å². The summed E-state index contributed by atoms with van der Waals surface area (Å²) in [4.78, 5) is 18.4. The van der Waals surface area contributed by atoms with Gasteiger partial charge in [-0.3, -0.25) is 4.79 Å². The summed E-state index contributed by atoms with van der Waals surface area (Å²) >= 11 is 6.07. The van der Waals surface area contributed by atoms with Crippen LogP contribution in [-0.2, 0) is 30.2 Å². The van der Waals surface area contributed by atoms with Crippen LogP contribution in [0.5, 0.6) is 5.88 Å². The summed E-state index contributed by atoms with van der Waals surface area (Å²) in [5.74, 6) is -0.824. The Morgan fingerprint density at radius 3 is 2.26 bits per heavy atom. The van der Waals surface area contributed by atoms with Gasteiger partial charge in [-0.1, -0.05) is 48.0 Å². The molecule has 0 saturated heterocycles. The van der Waals surface area contributed by atoms with E-state index < -0.39 is 17.7 Å². The van der Waals surface area contributed by atoms with Gasteiger partial charge in [-0.25, -0.2) is 4.98 Å². The third kappa shape index (κ3) is 5.75. The maximum Gasteiger partial charge on any atom is 0.416 e. The maximum absolute atomic E-state index is 13.1. The summed E-state index contributed by atoms with van der Waals surface area (Å²) in [6.07, 6.45) is -3.18. The van der Waals surface area contributed by atoms with Gasteiger partial charge < -0.3 is 15.2 Å². The van der Waals surface area contributed by atoms with Crippen LogP contribution in [0.25, 0.3) is 28.2 Å². The van der Waals surface area contributed by atoms with Crippen LogP contribution in [0, 0.1) is 0 Å². The van der Waals surface area contributed by atoms with Crippen LogP contribution in [0.1, 0.15) is 28.7 Å². The summed E-state index contributed by atoms with van der Waals surface area (Å²) in [5.41, 5.74) is 3.48. The van der Waals surface area contributed by atoms with Crippen molar-refractivity contribution in [1.29, 1.82) is 0 Å². The van der Waals surface area contributed by atoms with Gasteiger partial charge in [0.25, 0.3) is 0 Å². The number of carboxylic acids is 1. The van der Waals surface area contributed by atoms with E-state index in [2.05, 4.69) is 15.1 Å². The highest BCUT2D eigenvalue weighted by Crippen LogP contribution is 2.35. The molecule has 200 valence electrons. The molecule has 0 fully saturated rings. The van der Waals surface area contributed by atoms with Gasteiger partial charge in [0.05, 0.1) is 16.6 Å². The van der Waals surface area contributed by atoms with Gasteiger partial charge in [-0.2, -0.15) is 23.0 Å². The van der Waals surface area contributed by atoms with Crippen LogP contribution in [-0.4, -0.2) is 35.9 Å². The van der Waals surface area contributed by atoms with E-state index in [1.54, 1.807) is 18.2 Å². The molecule has 0 aliphatic rings. The molecule has 0 bridgehead atoms. The lowest BCUT2D eigenvalue weighted by Gasteiger charge is -2.08. The zero-order valence-electron chi connectivity index (χ0n) is 20.3. The summed E-state index contributed by atoms with van der Waals surface area (Å²) < 4.78 is 40.6. The number of benzene rings is 3. The van der Waals surface area contributed by atoms with Crippen molar-refractivity contribution in [2.75, 3.05) is 0 Å². The van der Waals surface area contributed by atoms with E-state index in [1.165, 1.54) is 16.8 Å². The molecule has 5 rings (SSSR count). The summed E-state index contributed by atoms with van der Waals surface area (Å²) in [5, 5.41) is 25.1. The van der Waals surface area contributed by atoms with Gasteiger partial charge >= 0.3 is 12.1 Å². The number of fused-ring (bicyclic) bond motifs is 1. The Balaban J connectivity index is 1.49. The number of aromatic amines is 1. The number of carboxylic acid groups (broad SMARTS) is 1. The number of hydrogen-bond donors (Lipinski definition) is 3. The van der Waals surface area contributed by atoms with E-state index in [4.69, 9.17) is 16.7 Å². The number of halogens is 4. The molecule has 3 aromatic carbocycles. The largest absolute Gasteiger partial charge is 0.493 e. The number of carbonyl (C=O) groups is 1. The minimum atomic E-state index is -4.48. The van der Waals surface area contributed by atoms with Crippen LogP contribution in [0.4, 0.5) is 13.2 Å². The Bertz CT molecular complexity index is 1640. The maximum atomic E-state index is 13.1. The van der Waals surface area contributed by atoms with E-state index in [0.717, 1.165) is 23.3 Å². The second-order valence-corrected chi connectivity index (χ2v) is 9.51. The summed E-state index contributed by atoms with van der Waals surface area (Å²) in [7, 11) is 0. The number of H-pyrrole nitrogens is 1. The second kappa shape index (κ2) is 10.5. The van der Waals surface area contributed by atoms with Crippen LogP contribution in [0.3, 0.4) is 0 Å². The molecule has 7 nitrogen and oxygen atoms in total. The van der Waals surface area contributed by atoms with Crippen LogP contribution < -0.4 is 0 Å². The number of aryl methyl sites for hydroxylation is 2. The molecule has 0 atom stereocenters. The lowest BCUT2D eigenvalue weighted by atomic mass is 9.99. The quantitative estimate of drug-likeness (QED) is 0.201. The molecule has 0 unspecified atom stereocenters. The predicted molar refractivity (Wildman–Crippen MR) is 140 cm³/mol. The molecule has 0 aliphatic heterocycles. The Hall–Kier alpha value is -4.31. The Labute approximate surface area is 225 Å². The fraction of sp³-hybridized carbons (Fsp3) is 0.179. The van der Waals surface area contributed by atoms with Crippen molar-refractivity contribution in [3.05, 3.63) is 94.0 Å². The van der Waals surface area contributed by atoms with E-state index in [-0.39, 0.29) is 18.2 Å². The van der Waals surface area contributed by atoms with Crippen molar-refractivity contribution in [3.63, 3.8) is 0 Å². The highest BCUT2D eigenvalue weighted by molar-refractivity contribution is 6.31. The summed E-state index contributed by atoms with van der Waals surface area (Å²) in [6, 6.07) is 17.2. The number of hydrogen-bond acceptors (Lipinski definition) is 4. The molecule has 0 amide bonds. The zero-order valence-corrected chi connectivity index (χ0v) is 21.1. The van der Waals surface area contributed by atoms with Crippen LogP contribution >= 0.6 is 11.6 Å². The van der Waals surface area contributed by atoms with Gasteiger partial charge in [0, 0.05) is 22.6 Å². The number of nitrogens with one attached hydrogen (secondary N) is 1. The Morgan fingerprint density at radius 2 is 1.62 bits per heavy atom. The third-order valence-corrected chi connectivity index (χ3v) is 6.62. The van der Waals surface area contributed by atoms with Crippen molar-refractivity contribution in [2.24, 2.45) is 0 Å². The van der Waals surface area contributed by atoms with Crippen LogP contribution in [0.2, 0.25) is 5.02 Å². The molecule has 5 aromatic rings. The molecule has 0 saturated carbocycles. The minimum Gasteiger partial charge on any atom is -0.493 e. The van der Waals surface area contributed by atoms with E-state index in [1.807, 2.05) is 24.3 Å². The van der Waals surface area contributed by atoms with Gasteiger partial charge in [0.2, 0.25) is 11.8 Å². The van der Waals surface area contributed by atoms with E-state index >= 15 is 0 Å². The fourth-order valence-corrected chi connectivity index (χ4v) is 4.49. The third-order valence-electron chi connectivity index (χ3n) is 6.39. The van der Waals surface area contributed by atoms with Gasteiger partial charge in [0.15, 0.2) is 0 Å². The number of aromatic hydroxyl groups is 1. The SMILES string of the molecule is O=C(O)CCc1ccc(CCc2c(-c3ccc(C(F)(F)F)cc3)nn(-c3nc4cc(Cl)ccc4[nH]3)c2O)cc1. The number of nitrogens with zero attached hydrogens (tertiary/aromatic N) is 3. The first-order valence-corrected chi connectivity index (χ1v) is 12.4. The Kier molecular flexibility index (Phi) is 7.05. The fourth-order valence-electron chi connectivity index (χ4n) is 4.33. The first-order valence-electron chi connectivity index (χ1n) is 12.0. The number of aromatic nitrogens is 4. The van der Waals surface area contributed by atoms with E-state index in [0.29, 0.717) is 52.1 Å². The normalized spacial score (nSPS) is 11.8. The molecule has 11 heteroatoms. The molecular weight excluding hydrogens is 533 g/mol. The zero-order chi connectivity index (χ0) is 27.7. The van der Waals surface area contributed by atoms with Crippen molar-refractivity contribution in [2.45, 2.75) is 31.9 Å². The van der Waals surface area contributed by atoms with Crippen molar-refractivity contribution in [3.8, 4) is 23.1 Å². The topological polar surface area (TPSA) is 104 Å². The van der Waals surface area contributed by atoms with Gasteiger partial charge in [-0.15, -0.1) is 0 Å². The standard InChI is InChI=1S/C28H22ClF3N4O3/c29-20-11-13-22-23(15-20)34-27(33-22)36-26(39)21(12-5-16-1-3-17(4-2-16)6-14-24(37)38)25(35-36)18-7-9-19(10-8-18)28(30,31)32/h1-4,7-11,13,15,39H,5-6,12,14H2,(H,33,34)(H,37,38). The summed E-state index contributed by atoms with van der Waals surface area (Å²) in [6.45, 7) is 0. The van der Waals surface area contributed by atoms with E-state index in [9.17, 15) is 23.1 Å². The first-order chi connectivity index (χ1) is 18.6. The average Bonchev–Trinajstić information content (AvgIpc) is 3.46. The van der Waals surface area contributed by atoms with Crippen molar-refractivity contribution in [1.82, 2.24) is 19.7 Å². The monoisotopic (exact) mass is 554 g/mol. The number of aliphatic carboxylic acids is 1.